The highest BCUT2D eigenvalue weighted by molar-refractivity contribution is 6.47. The van der Waals surface area contributed by atoms with Gasteiger partial charge in [0.2, 0.25) is 0 Å². The molecule has 3 heteroatoms. The predicted octanol–water partition coefficient (Wildman–Crippen LogP) is 2.25. The van der Waals surface area contributed by atoms with Crippen molar-refractivity contribution in [3.63, 3.8) is 0 Å². The first-order chi connectivity index (χ1) is 6.76. The van der Waals surface area contributed by atoms with E-state index in [1.165, 1.54) is 5.19 Å². The number of hydrogen-bond donors (Lipinski definition) is 0. The lowest BCUT2D eigenvalue weighted by molar-refractivity contribution is 0.206. The second-order valence-electron chi connectivity index (χ2n) is 3.38. The zero-order chi connectivity index (χ0) is 10.4. The Morgan fingerprint density at radius 3 is 2.64 bits per heavy atom. The van der Waals surface area contributed by atoms with Crippen molar-refractivity contribution in [1.82, 2.24) is 0 Å². The van der Waals surface area contributed by atoms with Crippen molar-refractivity contribution in [2.45, 2.75) is 32.8 Å². The van der Waals surface area contributed by atoms with Crippen LogP contribution in [0.2, 0.25) is 5.02 Å². The molecule has 0 heterocycles. The van der Waals surface area contributed by atoms with Crippen LogP contribution < -0.4 is 5.19 Å². The summed E-state index contributed by atoms with van der Waals surface area (Å²) in [5, 5.41) is 2.09. The minimum Gasteiger partial charge on any atom is -0.416 e. The highest BCUT2D eigenvalue weighted by Gasteiger charge is 2.03. The molecule has 14 heavy (non-hydrogen) atoms. The zero-order valence-electron chi connectivity index (χ0n) is 8.79. The van der Waals surface area contributed by atoms with Gasteiger partial charge in [0.15, 0.2) is 9.76 Å². The summed E-state index contributed by atoms with van der Waals surface area (Å²) < 4.78 is 5.86. The third-order valence-electron chi connectivity index (χ3n) is 2.29. The summed E-state index contributed by atoms with van der Waals surface area (Å²) in [6.07, 6.45) is 2.63. The van der Waals surface area contributed by atoms with Gasteiger partial charge in [-0.15, -0.1) is 0 Å². The van der Waals surface area contributed by atoms with Crippen molar-refractivity contribution in [3.8, 4) is 0 Å². The monoisotopic (exact) mass is 228 g/mol. The predicted molar refractivity (Wildman–Crippen MR) is 65.1 cm³/mol. The summed E-state index contributed by atoms with van der Waals surface area (Å²) in [5.74, 6) is 0. The Balaban J connectivity index is 2.44. The van der Waals surface area contributed by atoms with E-state index >= 15 is 0 Å². The van der Waals surface area contributed by atoms with E-state index in [0.717, 1.165) is 17.9 Å². The molecule has 0 fully saturated rings. The Morgan fingerprint density at radius 2 is 2.07 bits per heavy atom. The second-order valence-corrected chi connectivity index (χ2v) is 5.25. The van der Waals surface area contributed by atoms with Gasteiger partial charge in [-0.25, -0.2) is 0 Å². The van der Waals surface area contributed by atoms with Gasteiger partial charge in [-0.2, -0.15) is 0 Å². The molecule has 0 saturated carbocycles. The van der Waals surface area contributed by atoms with Crippen LogP contribution in [0, 0.1) is 0 Å². The average molecular weight is 229 g/mol. The van der Waals surface area contributed by atoms with Crippen LogP contribution >= 0.6 is 11.6 Å². The fourth-order valence-corrected chi connectivity index (χ4v) is 3.14. The van der Waals surface area contributed by atoms with Crippen molar-refractivity contribution in [3.05, 3.63) is 29.3 Å². The summed E-state index contributed by atoms with van der Waals surface area (Å²) in [5.41, 5.74) is 0. The van der Waals surface area contributed by atoms with Crippen LogP contribution in [0.4, 0.5) is 0 Å². The van der Waals surface area contributed by atoms with E-state index in [9.17, 15) is 0 Å². The Bertz CT molecular complexity index is 274. The largest absolute Gasteiger partial charge is 0.416 e. The van der Waals surface area contributed by atoms with Crippen LogP contribution in [0.25, 0.3) is 0 Å². The Labute approximate surface area is 93.4 Å². The highest BCUT2D eigenvalue weighted by Crippen LogP contribution is 2.05. The topological polar surface area (TPSA) is 9.23 Å². The molecule has 78 valence electrons. The van der Waals surface area contributed by atoms with Gasteiger partial charge in [0.1, 0.15) is 0 Å². The maximum absolute atomic E-state index is 5.89. The molecule has 1 rings (SSSR count). The van der Waals surface area contributed by atoms with Crippen molar-refractivity contribution < 1.29 is 4.43 Å². The Kier molecular flexibility index (Phi) is 5.23. The summed E-state index contributed by atoms with van der Waals surface area (Å²) in [6, 6.07) is 7.99. The molecule has 0 amide bonds. The lowest BCUT2D eigenvalue weighted by Crippen LogP contribution is -2.23. The molecule has 1 aromatic rings. The molecule has 0 saturated heterocycles. The van der Waals surface area contributed by atoms with Gasteiger partial charge in [0, 0.05) is 11.1 Å². The maximum Gasteiger partial charge on any atom is 0.192 e. The molecule has 0 spiro atoms. The van der Waals surface area contributed by atoms with E-state index in [-0.39, 0.29) is 0 Å². The fourth-order valence-electron chi connectivity index (χ4n) is 1.37. The quantitative estimate of drug-likeness (QED) is 0.703. The molecule has 0 aliphatic rings. The highest BCUT2D eigenvalue weighted by atomic mass is 35.5. The van der Waals surface area contributed by atoms with E-state index in [4.69, 9.17) is 16.0 Å². The van der Waals surface area contributed by atoms with Crippen LogP contribution in [-0.4, -0.2) is 15.9 Å². The maximum atomic E-state index is 5.89. The van der Waals surface area contributed by atoms with Gasteiger partial charge in [-0.05, 0) is 30.2 Å². The van der Waals surface area contributed by atoms with Gasteiger partial charge in [0.25, 0.3) is 0 Å². The Hall–Kier alpha value is -0.313. The first-order valence-electron chi connectivity index (χ1n) is 5.12. The van der Waals surface area contributed by atoms with Gasteiger partial charge in [-0.1, -0.05) is 37.6 Å². The van der Waals surface area contributed by atoms with E-state index in [1.807, 2.05) is 18.2 Å². The first-order valence-corrected chi connectivity index (χ1v) is 6.78. The van der Waals surface area contributed by atoms with Gasteiger partial charge in [-0.3, -0.25) is 0 Å². The molecule has 1 aromatic carbocycles. The molecule has 0 aliphatic carbocycles. The van der Waals surface area contributed by atoms with Gasteiger partial charge >= 0.3 is 0 Å². The van der Waals surface area contributed by atoms with Gasteiger partial charge in [0.05, 0.1) is 0 Å². The molecule has 0 bridgehead atoms. The molecule has 0 unspecified atom stereocenters. The van der Waals surface area contributed by atoms with E-state index in [2.05, 4.69) is 19.9 Å². The summed E-state index contributed by atoms with van der Waals surface area (Å²) in [4.78, 5) is 0. The van der Waals surface area contributed by atoms with Crippen LogP contribution in [0.1, 0.15) is 26.7 Å². The van der Waals surface area contributed by atoms with Crippen molar-refractivity contribution in [2.75, 3.05) is 0 Å². The molecule has 1 nitrogen and oxygen atoms in total. The molecule has 0 radical (unpaired) electrons. The fraction of sp³-hybridized carbons (Fsp3) is 0.455. The van der Waals surface area contributed by atoms with E-state index in [1.54, 1.807) is 0 Å². The Morgan fingerprint density at radius 1 is 1.36 bits per heavy atom. The number of benzene rings is 1. The van der Waals surface area contributed by atoms with E-state index in [0.29, 0.717) is 6.10 Å². The van der Waals surface area contributed by atoms with Crippen molar-refractivity contribution in [1.29, 1.82) is 0 Å². The summed E-state index contributed by atoms with van der Waals surface area (Å²) >= 11 is 5.89. The van der Waals surface area contributed by atoms with Crippen LogP contribution in [0.3, 0.4) is 0 Å². The van der Waals surface area contributed by atoms with Crippen molar-refractivity contribution in [2.24, 2.45) is 0 Å². The normalized spacial score (nSPS) is 11.7. The van der Waals surface area contributed by atoms with Crippen LogP contribution in [-0.2, 0) is 4.43 Å². The standard InChI is InChI=1S/C11H17ClOSi/c1-3-10(4-2)13-14-11-7-5-6-9(12)8-11/h5-8,10H,3-4,14H2,1-2H3. The number of halogens is 1. The number of rotatable bonds is 5. The average Bonchev–Trinajstić information content (AvgIpc) is 2.19. The lowest BCUT2D eigenvalue weighted by Gasteiger charge is -2.13. The molecule has 0 aliphatic heterocycles. The molecule has 0 aromatic heterocycles. The lowest BCUT2D eigenvalue weighted by atomic mass is 10.2. The molecule has 0 atom stereocenters. The summed E-state index contributed by atoms with van der Waals surface area (Å²) in [7, 11) is -0.587. The molecular weight excluding hydrogens is 212 g/mol. The van der Waals surface area contributed by atoms with Crippen molar-refractivity contribution >= 4 is 26.6 Å². The third-order valence-corrected chi connectivity index (χ3v) is 3.93. The second kappa shape index (κ2) is 6.22. The minimum absolute atomic E-state index is 0.431. The van der Waals surface area contributed by atoms with Crippen LogP contribution in [0.5, 0.6) is 0 Å². The SMILES string of the molecule is CCC(CC)O[SiH2]c1cccc(Cl)c1. The first kappa shape index (κ1) is 11.8. The van der Waals surface area contributed by atoms with E-state index < -0.39 is 9.76 Å². The smallest absolute Gasteiger partial charge is 0.192 e. The minimum atomic E-state index is -0.587. The zero-order valence-corrected chi connectivity index (χ0v) is 11.0. The third kappa shape index (κ3) is 3.82. The molecule has 0 N–H and O–H groups in total. The summed E-state index contributed by atoms with van der Waals surface area (Å²) in [6.45, 7) is 4.33. The number of hydrogen-bond acceptors (Lipinski definition) is 1. The van der Waals surface area contributed by atoms with Gasteiger partial charge < -0.3 is 4.43 Å². The molecular formula is C11H17ClOSi. The van der Waals surface area contributed by atoms with Crippen LogP contribution in [0.15, 0.2) is 24.3 Å².